The fraction of sp³-hybridized carbons (Fsp3) is 0.286. The summed E-state index contributed by atoms with van der Waals surface area (Å²) in [5.74, 6) is 0. The molecular weight excluding hydrogens is 290 g/mol. The van der Waals surface area contributed by atoms with Gasteiger partial charge in [-0.2, -0.15) is 9.30 Å². The topological polar surface area (TPSA) is 79.7 Å². The van der Waals surface area contributed by atoms with Crippen LogP contribution in [0.4, 0.5) is 0 Å². The van der Waals surface area contributed by atoms with Gasteiger partial charge in [0.1, 0.15) is 6.17 Å². The maximum atomic E-state index is 12.8. The van der Waals surface area contributed by atoms with Gasteiger partial charge in [0.25, 0.3) is 0 Å². The van der Waals surface area contributed by atoms with Crippen LogP contribution in [-0.4, -0.2) is 36.5 Å². The van der Waals surface area contributed by atoms with E-state index in [1.54, 1.807) is 36.5 Å². The Hall–Kier alpha value is -2.08. The average Bonchev–Trinajstić information content (AvgIpc) is 2.96. The number of aromatic nitrogens is 1. The predicted octanol–water partition coefficient (Wildman–Crippen LogP) is 1.68. The second-order valence-electron chi connectivity index (χ2n) is 4.79. The highest BCUT2D eigenvalue weighted by atomic mass is 32.2. The van der Waals surface area contributed by atoms with Gasteiger partial charge in [-0.25, -0.2) is 13.2 Å². The van der Waals surface area contributed by atoms with Crippen LogP contribution < -0.4 is 0 Å². The third-order valence-electron chi connectivity index (χ3n) is 3.57. The van der Waals surface area contributed by atoms with E-state index < -0.39 is 16.2 Å². The van der Waals surface area contributed by atoms with Crippen molar-refractivity contribution in [2.75, 3.05) is 6.54 Å². The van der Waals surface area contributed by atoms with E-state index in [0.29, 0.717) is 30.3 Å². The van der Waals surface area contributed by atoms with Crippen LogP contribution in [0.3, 0.4) is 0 Å². The fourth-order valence-corrected chi connectivity index (χ4v) is 4.42. The fourth-order valence-electron chi connectivity index (χ4n) is 2.62. The Balaban J connectivity index is 2.15. The molecule has 3 rings (SSSR count). The number of carbonyl (C=O) groups excluding carboxylic acids is 1. The molecule has 0 N–H and O–H groups in total. The van der Waals surface area contributed by atoms with E-state index >= 15 is 0 Å². The summed E-state index contributed by atoms with van der Waals surface area (Å²) in [6, 6.07) is 8.41. The number of isocyanates is 1. The van der Waals surface area contributed by atoms with E-state index in [-0.39, 0.29) is 4.90 Å². The standard InChI is InChI=1S/C14H13N3O3S/c18-10-16-14-7-3-9-17(14)21(19,20)13-6-1-5-12-11(13)4-2-8-15-12/h1-2,4-6,8,14H,3,7,9H2. The van der Waals surface area contributed by atoms with Crippen molar-refractivity contribution in [1.29, 1.82) is 0 Å². The van der Waals surface area contributed by atoms with Gasteiger partial charge in [-0.1, -0.05) is 6.07 Å². The first-order valence-electron chi connectivity index (χ1n) is 6.57. The Kier molecular flexibility index (Phi) is 3.55. The van der Waals surface area contributed by atoms with E-state index in [4.69, 9.17) is 0 Å². The highest BCUT2D eigenvalue weighted by Crippen LogP contribution is 2.30. The molecule has 21 heavy (non-hydrogen) atoms. The number of pyridine rings is 1. The molecule has 0 spiro atoms. The molecule has 6 nitrogen and oxygen atoms in total. The van der Waals surface area contributed by atoms with Crippen molar-refractivity contribution in [2.24, 2.45) is 4.99 Å². The van der Waals surface area contributed by atoms with E-state index in [9.17, 15) is 13.2 Å². The van der Waals surface area contributed by atoms with Crippen molar-refractivity contribution in [1.82, 2.24) is 9.29 Å². The van der Waals surface area contributed by atoms with Gasteiger partial charge in [-0.05, 0) is 37.1 Å². The van der Waals surface area contributed by atoms with E-state index in [2.05, 4.69) is 9.98 Å². The first kappa shape index (κ1) is 13.9. The van der Waals surface area contributed by atoms with Gasteiger partial charge in [0, 0.05) is 18.1 Å². The van der Waals surface area contributed by atoms with Crippen molar-refractivity contribution in [2.45, 2.75) is 23.9 Å². The molecule has 1 unspecified atom stereocenters. The molecule has 1 aromatic carbocycles. The van der Waals surface area contributed by atoms with Crippen molar-refractivity contribution in [3.63, 3.8) is 0 Å². The zero-order chi connectivity index (χ0) is 14.9. The summed E-state index contributed by atoms with van der Waals surface area (Å²) >= 11 is 0. The van der Waals surface area contributed by atoms with Crippen molar-refractivity contribution in [3.05, 3.63) is 36.5 Å². The van der Waals surface area contributed by atoms with Gasteiger partial charge in [-0.15, -0.1) is 0 Å². The number of hydrogen-bond donors (Lipinski definition) is 0. The SMILES string of the molecule is O=C=NC1CCCN1S(=O)(=O)c1cccc2ncccc12. The summed E-state index contributed by atoms with van der Waals surface area (Å²) in [7, 11) is -3.72. The number of sulfonamides is 1. The molecule has 0 amide bonds. The van der Waals surface area contributed by atoms with Crippen molar-refractivity contribution >= 4 is 27.0 Å². The van der Waals surface area contributed by atoms with Crippen LogP contribution in [-0.2, 0) is 14.8 Å². The number of benzene rings is 1. The maximum Gasteiger partial charge on any atom is 0.245 e. The van der Waals surface area contributed by atoms with Crippen LogP contribution >= 0.6 is 0 Å². The second-order valence-corrected chi connectivity index (χ2v) is 6.64. The van der Waals surface area contributed by atoms with Crippen molar-refractivity contribution < 1.29 is 13.2 Å². The molecule has 0 saturated carbocycles. The molecule has 7 heteroatoms. The molecular formula is C14H13N3O3S. The van der Waals surface area contributed by atoms with E-state index in [1.807, 2.05) is 0 Å². The Morgan fingerprint density at radius 2 is 2.14 bits per heavy atom. The number of hydrogen-bond acceptors (Lipinski definition) is 5. The van der Waals surface area contributed by atoms with Gasteiger partial charge >= 0.3 is 0 Å². The van der Waals surface area contributed by atoms with Crippen LogP contribution in [0.1, 0.15) is 12.8 Å². The normalized spacial score (nSPS) is 19.5. The second kappa shape index (κ2) is 5.37. The quantitative estimate of drug-likeness (QED) is 0.638. The highest BCUT2D eigenvalue weighted by Gasteiger charge is 2.36. The first-order valence-corrected chi connectivity index (χ1v) is 8.01. The molecule has 0 radical (unpaired) electrons. The van der Waals surface area contributed by atoms with Crippen LogP contribution in [0.15, 0.2) is 46.4 Å². The van der Waals surface area contributed by atoms with E-state index in [1.165, 1.54) is 10.4 Å². The lowest BCUT2D eigenvalue weighted by Crippen LogP contribution is -2.34. The van der Waals surface area contributed by atoms with Crippen molar-refractivity contribution in [3.8, 4) is 0 Å². The number of nitrogens with zero attached hydrogens (tertiary/aromatic N) is 3. The minimum atomic E-state index is -3.72. The third-order valence-corrected chi connectivity index (χ3v) is 5.52. The lowest BCUT2D eigenvalue weighted by Gasteiger charge is -2.20. The summed E-state index contributed by atoms with van der Waals surface area (Å²) < 4.78 is 26.9. The highest BCUT2D eigenvalue weighted by molar-refractivity contribution is 7.89. The molecule has 0 bridgehead atoms. The van der Waals surface area contributed by atoms with Gasteiger partial charge in [0.05, 0.1) is 10.4 Å². The Morgan fingerprint density at radius 1 is 1.29 bits per heavy atom. The minimum Gasteiger partial charge on any atom is -0.256 e. The average molecular weight is 303 g/mol. The van der Waals surface area contributed by atoms with Crippen LogP contribution in [0.2, 0.25) is 0 Å². The third kappa shape index (κ3) is 2.35. The monoisotopic (exact) mass is 303 g/mol. The van der Waals surface area contributed by atoms with Crippen LogP contribution in [0, 0.1) is 0 Å². The summed E-state index contributed by atoms with van der Waals surface area (Å²) in [4.78, 5) is 18.4. The van der Waals surface area contributed by atoms with Gasteiger partial charge in [0.15, 0.2) is 0 Å². The number of aliphatic imine (C=N–C) groups is 1. The lowest BCUT2D eigenvalue weighted by molar-refractivity contribution is 0.396. The molecule has 1 aliphatic rings. The molecule has 1 saturated heterocycles. The summed E-state index contributed by atoms with van der Waals surface area (Å²) in [6.07, 6.45) is 3.64. The van der Waals surface area contributed by atoms with Gasteiger partial charge in [-0.3, -0.25) is 4.98 Å². The Bertz CT molecular complexity index is 823. The van der Waals surface area contributed by atoms with Crippen LogP contribution in [0.5, 0.6) is 0 Å². The molecule has 2 aromatic rings. The number of rotatable bonds is 3. The minimum absolute atomic E-state index is 0.195. The lowest BCUT2D eigenvalue weighted by atomic mass is 10.2. The van der Waals surface area contributed by atoms with E-state index in [0.717, 1.165) is 0 Å². The summed E-state index contributed by atoms with van der Waals surface area (Å²) in [5, 5.41) is 0.570. The molecule has 108 valence electrons. The smallest absolute Gasteiger partial charge is 0.245 e. The largest absolute Gasteiger partial charge is 0.256 e. The zero-order valence-electron chi connectivity index (χ0n) is 11.1. The molecule has 0 aliphatic carbocycles. The van der Waals surface area contributed by atoms with Gasteiger partial charge in [0.2, 0.25) is 16.1 Å². The summed E-state index contributed by atoms with van der Waals surface area (Å²) in [6.45, 7) is 0.356. The molecule has 1 aromatic heterocycles. The Labute approximate surface area is 122 Å². The Morgan fingerprint density at radius 3 is 2.95 bits per heavy atom. The molecule has 1 aliphatic heterocycles. The summed E-state index contributed by atoms with van der Waals surface area (Å²) in [5.41, 5.74) is 0.619. The first-order chi connectivity index (χ1) is 10.1. The number of fused-ring (bicyclic) bond motifs is 1. The molecule has 1 fully saturated rings. The molecule has 1 atom stereocenters. The predicted molar refractivity (Wildman–Crippen MR) is 76.8 cm³/mol. The van der Waals surface area contributed by atoms with Gasteiger partial charge < -0.3 is 0 Å². The zero-order valence-corrected chi connectivity index (χ0v) is 12.0. The molecule has 2 heterocycles. The maximum absolute atomic E-state index is 12.8. The van der Waals surface area contributed by atoms with Crippen LogP contribution in [0.25, 0.3) is 10.9 Å².